The van der Waals surface area contributed by atoms with Crippen molar-refractivity contribution in [2.75, 3.05) is 17.7 Å². The van der Waals surface area contributed by atoms with Gasteiger partial charge < -0.3 is 10.6 Å². The van der Waals surface area contributed by atoms with E-state index >= 15 is 0 Å². The summed E-state index contributed by atoms with van der Waals surface area (Å²) >= 11 is 0. The summed E-state index contributed by atoms with van der Waals surface area (Å²) in [6.45, 7) is 4.25. The Bertz CT molecular complexity index is 240. The predicted octanol–water partition coefficient (Wildman–Crippen LogP) is 1.51. The molecule has 2 N–H and O–H groups in total. The van der Waals surface area contributed by atoms with E-state index in [1.807, 2.05) is 19.2 Å². The fourth-order valence-electron chi connectivity index (χ4n) is 0.871. The van der Waals surface area contributed by atoms with Crippen LogP contribution in [0.1, 0.15) is 13.8 Å². The Morgan fingerprint density at radius 1 is 1.42 bits per heavy atom. The fourth-order valence-corrected chi connectivity index (χ4v) is 0.871. The largest absolute Gasteiger partial charge is 0.397 e. The van der Waals surface area contributed by atoms with Crippen LogP contribution in [0.15, 0.2) is 18.3 Å². The third-order valence-electron chi connectivity index (χ3n) is 1.91. The van der Waals surface area contributed by atoms with E-state index in [9.17, 15) is 0 Å². The maximum Gasteiger partial charge on any atom is 0.128 e. The molecule has 0 saturated carbocycles. The number of nitrogens with zero attached hydrogens (tertiary/aromatic N) is 2. The molecule has 3 heteroatoms. The molecule has 0 fully saturated rings. The van der Waals surface area contributed by atoms with E-state index in [0.717, 1.165) is 5.82 Å². The first-order chi connectivity index (χ1) is 5.61. The van der Waals surface area contributed by atoms with E-state index in [2.05, 4.69) is 23.7 Å². The van der Waals surface area contributed by atoms with Crippen LogP contribution in [0.4, 0.5) is 11.5 Å². The molecule has 0 unspecified atom stereocenters. The highest BCUT2D eigenvalue weighted by atomic mass is 15.2. The third-order valence-corrected chi connectivity index (χ3v) is 1.91. The lowest BCUT2D eigenvalue weighted by Gasteiger charge is -2.22. The van der Waals surface area contributed by atoms with Crippen LogP contribution in [-0.4, -0.2) is 18.1 Å². The number of rotatable bonds is 2. The van der Waals surface area contributed by atoms with Gasteiger partial charge in [0.05, 0.1) is 11.9 Å². The Labute approximate surface area is 73.2 Å². The molecule has 0 aliphatic heterocycles. The molecule has 0 aromatic carbocycles. The SMILES string of the molecule is CC(C)N(C)c1ccc(N)cn1. The van der Waals surface area contributed by atoms with Crippen molar-refractivity contribution in [1.82, 2.24) is 4.98 Å². The van der Waals surface area contributed by atoms with Crippen molar-refractivity contribution >= 4 is 11.5 Å². The van der Waals surface area contributed by atoms with Gasteiger partial charge in [-0.2, -0.15) is 0 Å². The summed E-state index contributed by atoms with van der Waals surface area (Å²) in [4.78, 5) is 6.30. The molecular formula is C9H15N3. The Hall–Kier alpha value is -1.25. The van der Waals surface area contributed by atoms with Crippen molar-refractivity contribution < 1.29 is 0 Å². The molecule has 0 bridgehead atoms. The van der Waals surface area contributed by atoms with Gasteiger partial charge in [0.25, 0.3) is 0 Å². The van der Waals surface area contributed by atoms with Crippen LogP contribution in [0.25, 0.3) is 0 Å². The summed E-state index contributed by atoms with van der Waals surface area (Å²) in [6, 6.07) is 4.25. The zero-order chi connectivity index (χ0) is 9.14. The van der Waals surface area contributed by atoms with Crippen molar-refractivity contribution in [3.63, 3.8) is 0 Å². The van der Waals surface area contributed by atoms with Crippen LogP contribution in [0, 0.1) is 0 Å². The molecule has 0 aliphatic rings. The fraction of sp³-hybridized carbons (Fsp3) is 0.444. The number of hydrogen-bond donors (Lipinski definition) is 1. The summed E-state index contributed by atoms with van der Waals surface area (Å²) in [7, 11) is 2.02. The molecule has 0 aliphatic carbocycles. The summed E-state index contributed by atoms with van der Waals surface area (Å²) in [5, 5.41) is 0. The van der Waals surface area contributed by atoms with E-state index in [0.29, 0.717) is 11.7 Å². The van der Waals surface area contributed by atoms with Crippen LogP contribution in [0.3, 0.4) is 0 Å². The molecule has 1 aromatic heterocycles. The van der Waals surface area contributed by atoms with E-state index in [1.165, 1.54) is 0 Å². The van der Waals surface area contributed by atoms with Gasteiger partial charge in [-0.25, -0.2) is 4.98 Å². The molecule has 1 aromatic rings. The molecular weight excluding hydrogens is 150 g/mol. The van der Waals surface area contributed by atoms with Gasteiger partial charge in [-0.1, -0.05) is 0 Å². The smallest absolute Gasteiger partial charge is 0.128 e. The van der Waals surface area contributed by atoms with Crippen LogP contribution in [0.5, 0.6) is 0 Å². The Kier molecular flexibility index (Phi) is 2.53. The predicted molar refractivity (Wildman–Crippen MR) is 52.2 cm³/mol. The van der Waals surface area contributed by atoms with Gasteiger partial charge in [-0.05, 0) is 26.0 Å². The number of aromatic nitrogens is 1. The minimum Gasteiger partial charge on any atom is -0.397 e. The van der Waals surface area contributed by atoms with Gasteiger partial charge in [-0.3, -0.25) is 0 Å². The molecule has 66 valence electrons. The first-order valence-corrected chi connectivity index (χ1v) is 4.05. The topological polar surface area (TPSA) is 42.1 Å². The Morgan fingerprint density at radius 3 is 2.50 bits per heavy atom. The van der Waals surface area contributed by atoms with Crippen molar-refractivity contribution in [2.45, 2.75) is 19.9 Å². The summed E-state index contributed by atoms with van der Waals surface area (Å²) in [5.74, 6) is 0.958. The number of anilines is 2. The van der Waals surface area contributed by atoms with Gasteiger partial charge in [0, 0.05) is 13.1 Å². The second kappa shape index (κ2) is 3.43. The number of nitrogen functional groups attached to an aromatic ring is 1. The monoisotopic (exact) mass is 165 g/mol. The van der Waals surface area contributed by atoms with Crippen LogP contribution in [0.2, 0.25) is 0 Å². The summed E-state index contributed by atoms with van der Waals surface area (Å²) in [6.07, 6.45) is 1.67. The molecule has 0 saturated heterocycles. The average molecular weight is 165 g/mol. The molecule has 12 heavy (non-hydrogen) atoms. The maximum atomic E-state index is 5.52. The third kappa shape index (κ3) is 1.87. The van der Waals surface area contributed by atoms with Crippen molar-refractivity contribution in [1.29, 1.82) is 0 Å². The minimum absolute atomic E-state index is 0.459. The minimum atomic E-state index is 0.459. The number of hydrogen-bond acceptors (Lipinski definition) is 3. The van der Waals surface area contributed by atoms with Crippen LogP contribution >= 0.6 is 0 Å². The highest BCUT2D eigenvalue weighted by molar-refractivity contribution is 5.45. The lowest BCUT2D eigenvalue weighted by molar-refractivity contribution is 0.743. The van der Waals surface area contributed by atoms with Crippen molar-refractivity contribution in [3.05, 3.63) is 18.3 Å². The average Bonchev–Trinajstić information content (AvgIpc) is 2.04. The molecule has 1 rings (SSSR count). The maximum absolute atomic E-state index is 5.52. The Morgan fingerprint density at radius 2 is 2.08 bits per heavy atom. The number of pyridine rings is 1. The van der Waals surface area contributed by atoms with Crippen molar-refractivity contribution in [2.24, 2.45) is 0 Å². The van der Waals surface area contributed by atoms with E-state index in [-0.39, 0.29) is 0 Å². The summed E-state index contributed by atoms with van der Waals surface area (Å²) < 4.78 is 0. The molecule has 3 nitrogen and oxygen atoms in total. The lowest BCUT2D eigenvalue weighted by atomic mass is 10.3. The molecule has 0 atom stereocenters. The highest BCUT2D eigenvalue weighted by Gasteiger charge is 2.04. The first-order valence-electron chi connectivity index (χ1n) is 4.05. The molecule has 1 heterocycles. The zero-order valence-corrected chi connectivity index (χ0v) is 7.78. The molecule has 0 spiro atoms. The molecule has 0 radical (unpaired) electrons. The molecule has 0 amide bonds. The van der Waals surface area contributed by atoms with Gasteiger partial charge in [0.2, 0.25) is 0 Å². The normalized spacial score (nSPS) is 10.3. The van der Waals surface area contributed by atoms with E-state index in [4.69, 9.17) is 5.73 Å². The highest BCUT2D eigenvalue weighted by Crippen LogP contribution is 2.12. The summed E-state index contributed by atoms with van der Waals surface area (Å²) in [5.41, 5.74) is 6.23. The second-order valence-corrected chi connectivity index (χ2v) is 3.15. The van der Waals surface area contributed by atoms with Crippen LogP contribution < -0.4 is 10.6 Å². The van der Waals surface area contributed by atoms with Gasteiger partial charge >= 0.3 is 0 Å². The van der Waals surface area contributed by atoms with Gasteiger partial charge in [0.15, 0.2) is 0 Å². The first kappa shape index (κ1) is 8.84. The van der Waals surface area contributed by atoms with Crippen LogP contribution in [-0.2, 0) is 0 Å². The Balaban J connectivity index is 2.82. The van der Waals surface area contributed by atoms with Gasteiger partial charge in [0.1, 0.15) is 5.82 Å². The number of nitrogens with two attached hydrogens (primary N) is 1. The zero-order valence-electron chi connectivity index (χ0n) is 7.78. The standard InChI is InChI=1S/C9H15N3/c1-7(2)12(3)9-5-4-8(10)6-11-9/h4-7H,10H2,1-3H3. The lowest BCUT2D eigenvalue weighted by Crippen LogP contribution is -2.26. The van der Waals surface area contributed by atoms with E-state index < -0.39 is 0 Å². The second-order valence-electron chi connectivity index (χ2n) is 3.15. The van der Waals surface area contributed by atoms with E-state index in [1.54, 1.807) is 6.20 Å². The quantitative estimate of drug-likeness (QED) is 0.722. The van der Waals surface area contributed by atoms with Gasteiger partial charge in [-0.15, -0.1) is 0 Å². The van der Waals surface area contributed by atoms with Crippen molar-refractivity contribution in [3.8, 4) is 0 Å².